The third-order valence-corrected chi connectivity index (χ3v) is 4.30. The van der Waals surface area contributed by atoms with Crippen molar-refractivity contribution in [3.8, 4) is 23.3 Å². The van der Waals surface area contributed by atoms with E-state index in [2.05, 4.69) is 5.32 Å². The molecule has 0 fully saturated rings. The van der Waals surface area contributed by atoms with Crippen LogP contribution in [0.5, 0.6) is 17.2 Å². The lowest BCUT2D eigenvalue weighted by molar-refractivity contribution is -0.112. The Kier molecular flexibility index (Phi) is 7.30. The van der Waals surface area contributed by atoms with Gasteiger partial charge in [-0.3, -0.25) is 4.79 Å². The molecule has 0 aromatic heterocycles. The predicted molar refractivity (Wildman–Crippen MR) is 109 cm³/mol. The number of rotatable bonds is 7. The van der Waals surface area contributed by atoms with E-state index >= 15 is 0 Å². The van der Waals surface area contributed by atoms with Crippen molar-refractivity contribution in [2.45, 2.75) is 13.8 Å². The Labute approximate surface area is 169 Å². The Morgan fingerprint density at radius 1 is 1.18 bits per heavy atom. The molecular formula is C21H21ClN2O4. The Hall–Kier alpha value is -3.17. The van der Waals surface area contributed by atoms with Crippen molar-refractivity contribution in [2.75, 3.05) is 26.1 Å². The van der Waals surface area contributed by atoms with Crippen LogP contribution in [0.2, 0.25) is 5.02 Å². The molecule has 0 aliphatic carbocycles. The van der Waals surface area contributed by atoms with E-state index in [-0.39, 0.29) is 5.57 Å². The van der Waals surface area contributed by atoms with Gasteiger partial charge in [0.2, 0.25) is 0 Å². The highest BCUT2D eigenvalue weighted by Crippen LogP contribution is 2.32. The van der Waals surface area contributed by atoms with E-state index in [9.17, 15) is 10.1 Å². The number of carbonyl (C=O) groups excluding carboxylic acids is 1. The molecule has 0 spiro atoms. The van der Waals surface area contributed by atoms with Gasteiger partial charge in [0.05, 0.1) is 26.5 Å². The molecule has 1 amide bonds. The SMILES string of the molecule is CCOc1ccc(/C=C(/C#N)C(=O)Nc2cc(C)c(Cl)cc2OC)cc1OC. The summed E-state index contributed by atoms with van der Waals surface area (Å²) in [5.41, 5.74) is 1.77. The van der Waals surface area contributed by atoms with Crippen molar-refractivity contribution >= 4 is 29.3 Å². The summed E-state index contributed by atoms with van der Waals surface area (Å²) in [7, 11) is 3.00. The van der Waals surface area contributed by atoms with Crippen LogP contribution in [0.1, 0.15) is 18.1 Å². The first-order valence-electron chi connectivity index (χ1n) is 8.51. The molecule has 0 aliphatic rings. The highest BCUT2D eigenvalue weighted by Gasteiger charge is 2.15. The standard InChI is InChI=1S/C21H21ClN2O4/c1-5-28-18-7-6-14(10-20(18)27-4)9-15(12-23)21(25)24-17-8-13(2)16(22)11-19(17)26-3/h6-11H,5H2,1-4H3,(H,24,25)/b15-9-. The number of halogens is 1. The van der Waals surface area contributed by atoms with Crippen LogP contribution in [0.15, 0.2) is 35.9 Å². The fraction of sp³-hybridized carbons (Fsp3) is 0.238. The Morgan fingerprint density at radius 2 is 1.89 bits per heavy atom. The second kappa shape index (κ2) is 9.67. The number of nitriles is 1. The maximum atomic E-state index is 12.6. The zero-order valence-corrected chi connectivity index (χ0v) is 16.9. The van der Waals surface area contributed by atoms with Gasteiger partial charge in [0.1, 0.15) is 17.4 Å². The van der Waals surface area contributed by atoms with E-state index in [0.717, 1.165) is 5.56 Å². The van der Waals surface area contributed by atoms with Crippen LogP contribution < -0.4 is 19.5 Å². The molecule has 2 aromatic carbocycles. The van der Waals surface area contributed by atoms with E-state index < -0.39 is 5.91 Å². The van der Waals surface area contributed by atoms with Crippen LogP contribution in [0.3, 0.4) is 0 Å². The van der Waals surface area contributed by atoms with E-state index in [1.54, 1.807) is 30.3 Å². The minimum atomic E-state index is -0.560. The zero-order valence-electron chi connectivity index (χ0n) is 16.1. The molecule has 0 radical (unpaired) electrons. The lowest BCUT2D eigenvalue weighted by Crippen LogP contribution is -2.14. The van der Waals surface area contributed by atoms with Crippen molar-refractivity contribution in [1.82, 2.24) is 0 Å². The average Bonchev–Trinajstić information content (AvgIpc) is 2.69. The quantitative estimate of drug-likeness (QED) is 0.542. The number of ether oxygens (including phenoxy) is 3. The van der Waals surface area contributed by atoms with Crippen LogP contribution in [-0.4, -0.2) is 26.7 Å². The number of hydrogen-bond acceptors (Lipinski definition) is 5. The lowest BCUT2D eigenvalue weighted by Gasteiger charge is -2.12. The molecule has 0 atom stereocenters. The molecule has 0 heterocycles. The fourth-order valence-corrected chi connectivity index (χ4v) is 2.64. The van der Waals surface area contributed by atoms with Crippen molar-refractivity contribution in [3.63, 3.8) is 0 Å². The van der Waals surface area contributed by atoms with Gasteiger partial charge in [-0.1, -0.05) is 17.7 Å². The van der Waals surface area contributed by atoms with Crippen LogP contribution >= 0.6 is 11.6 Å². The summed E-state index contributed by atoms with van der Waals surface area (Å²) >= 11 is 6.08. The summed E-state index contributed by atoms with van der Waals surface area (Å²) in [5, 5.41) is 12.7. The first-order valence-corrected chi connectivity index (χ1v) is 8.89. The van der Waals surface area contributed by atoms with Crippen molar-refractivity contribution in [2.24, 2.45) is 0 Å². The van der Waals surface area contributed by atoms with Crippen molar-refractivity contribution in [3.05, 3.63) is 52.1 Å². The van der Waals surface area contributed by atoms with Crippen LogP contribution in [-0.2, 0) is 4.79 Å². The van der Waals surface area contributed by atoms with Gasteiger partial charge in [-0.25, -0.2) is 0 Å². The molecule has 1 N–H and O–H groups in total. The molecule has 146 valence electrons. The number of carbonyl (C=O) groups is 1. The minimum absolute atomic E-state index is 0.0686. The molecule has 0 bridgehead atoms. The van der Waals surface area contributed by atoms with Gasteiger partial charge >= 0.3 is 0 Å². The minimum Gasteiger partial charge on any atom is -0.495 e. The van der Waals surface area contributed by atoms with E-state index in [1.165, 1.54) is 20.3 Å². The number of aryl methyl sites for hydroxylation is 1. The zero-order chi connectivity index (χ0) is 20.7. The second-order valence-corrected chi connectivity index (χ2v) is 6.18. The van der Waals surface area contributed by atoms with Crippen LogP contribution in [0, 0.1) is 18.3 Å². The van der Waals surface area contributed by atoms with Gasteiger partial charge in [0, 0.05) is 11.1 Å². The molecule has 0 aliphatic heterocycles. The summed E-state index contributed by atoms with van der Waals surface area (Å²) in [5.74, 6) is 0.953. The Morgan fingerprint density at radius 3 is 2.50 bits per heavy atom. The van der Waals surface area contributed by atoms with Gasteiger partial charge in [-0.15, -0.1) is 0 Å². The highest BCUT2D eigenvalue weighted by atomic mass is 35.5. The Bertz CT molecular complexity index is 948. The number of hydrogen-bond donors (Lipinski definition) is 1. The molecule has 2 aromatic rings. The molecule has 28 heavy (non-hydrogen) atoms. The maximum Gasteiger partial charge on any atom is 0.266 e. The topological polar surface area (TPSA) is 80.6 Å². The first-order chi connectivity index (χ1) is 13.4. The summed E-state index contributed by atoms with van der Waals surface area (Å²) in [6.07, 6.45) is 1.48. The highest BCUT2D eigenvalue weighted by molar-refractivity contribution is 6.31. The third kappa shape index (κ3) is 4.96. The lowest BCUT2D eigenvalue weighted by atomic mass is 10.1. The third-order valence-electron chi connectivity index (χ3n) is 3.89. The van der Waals surface area contributed by atoms with E-state index in [1.807, 2.05) is 19.9 Å². The van der Waals surface area contributed by atoms with Crippen LogP contribution in [0.25, 0.3) is 6.08 Å². The number of methoxy groups -OCH3 is 2. The molecule has 2 rings (SSSR count). The second-order valence-electron chi connectivity index (χ2n) is 5.77. The predicted octanol–water partition coefficient (Wildman–Crippen LogP) is 4.61. The van der Waals surface area contributed by atoms with Crippen LogP contribution in [0.4, 0.5) is 5.69 Å². The largest absolute Gasteiger partial charge is 0.495 e. The normalized spacial score (nSPS) is 10.8. The van der Waals surface area contributed by atoms with Crippen molar-refractivity contribution < 1.29 is 19.0 Å². The number of benzene rings is 2. The number of nitrogens with zero attached hydrogens (tertiary/aromatic N) is 1. The summed E-state index contributed by atoms with van der Waals surface area (Å²) in [6, 6.07) is 10.4. The summed E-state index contributed by atoms with van der Waals surface area (Å²) < 4.78 is 16.0. The van der Waals surface area contributed by atoms with Gasteiger partial charge in [-0.2, -0.15) is 5.26 Å². The van der Waals surface area contributed by atoms with E-state index in [0.29, 0.717) is 40.1 Å². The van der Waals surface area contributed by atoms with E-state index in [4.69, 9.17) is 25.8 Å². The molecule has 0 unspecified atom stereocenters. The maximum absolute atomic E-state index is 12.6. The molecule has 6 nitrogen and oxygen atoms in total. The number of anilines is 1. The monoisotopic (exact) mass is 400 g/mol. The van der Waals surface area contributed by atoms with Gasteiger partial charge in [0.25, 0.3) is 5.91 Å². The first kappa shape index (κ1) is 21.1. The van der Waals surface area contributed by atoms with Gasteiger partial charge in [0.15, 0.2) is 11.5 Å². The molecular weight excluding hydrogens is 380 g/mol. The van der Waals surface area contributed by atoms with Gasteiger partial charge < -0.3 is 19.5 Å². The number of amides is 1. The van der Waals surface area contributed by atoms with Gasteiger partial charge in [-0.05, 0) is 49.2 Å². The van der Waals surface area contributed by atoms with Crippen molar-refractivity contribution in [1.29, 1.82) is 5.26 Å². The number of nitrogens with one attached hydrogen (secondary N) is 1. The average molecular weight is 401 g/mol. The Balaban J connectivity index is 2.32. The summed E-state index contributed by atoms with van der Waals surface area (Å²) in [6.45, 7) is 4.18. The molecule has 0 saturated carbocycles. The molecule has 7 heteroatoms. The summed E-state index contributed by atoms with van der Waals surface area (Å²) in [4.78, 5) is 12.6. The fourth-order valence-electron chi connectivity index (χ4n) is 2.48. The molecule has 0 saturated heterocycles. The smallest absolute Gasteiger partial charge is 0.266 e.